The van der Waals surface area contributed by atoms with E-state index in [1.807, 2.05) is 35.6 Å². The Hall–Kier alpha value is -5.90. The third-order valence-electron chi connectivity index (χ3n) is 8.93. The lowest BCUT2D eigenvalue weighted by atomic mass is 9.92. The molecule has 2 aromatic heterocycles. The predicted molar refractivity (Wildman–Crippen MR) is 200 cm³/mol. The van der Waals surface area contributed by atoms with Crippen molar-refractivity contribution < 1.29 is 0 Å². The molecule has 0 bridgehead atoms. The predicted octanol–water partition coefficient (Wildman–Crippen LogP) is 12.3. The molecule has 9 rings (SSSR count). The molecular formula is C44H28N2S. The van der Waals surface area contributed by atoms with Gasteiger partial charge in [0, 0.05) is 36.9 Å². The normalized spacial score (nSPS) is 11.4. The highest BCUT2D eigenvalue weighted by Gasteiger charge is 2.20. The summed E-state index contributed by atoms with van der Waals surface area (Å²) in [6.45, 7) is 0. The number of thiophene rings is 1. The first-order valence-corrected chi connectivity index (χ1v) is 16.6. The molecule has 3 heteroatoms. The second-order valence-corrected chi connectivity index (χ2v) is 12.8. The molecule has 0 saturated heterocycles. The topological polar surface area (TPSA) is 25.8 Å². The Bertz CT molecular complexity index is 2490. The maximum Gasteiger partial charge on any atom is 0.160 e. The van der Waals surface area contributed by atoms with Gasteiger partial charge in [0.1, 0.15) is 0 Å². The summed E-state index contributed by atoms with van der Waals surface area (Å²) in [5.41, 5.74) is 9.79. The largest absolute Gasteiger partial charge is 0.228 e. The van der Waals surface area contributed by atoms with Crippen LogP contribution in [-0.4, -0.2) is 9.97 Å². The van der Waals surface area contributed by atoms with Gasteiger partial charge < -0.3 is 0 Å². The van der Waals surface area contributed by atoms with E-state index >= 15 is 0 Å². The van der Waals surface area contributed by atoms with Crippen molar-refractivity contribution in [1.29, 1.82) is 0 Å². The molecule has 220 valence electrons. The fourth-order valence-corrected chi connectivity index (χ4v) is 7.90. The van der Waals surface area contributed by atoms with Crippen LogP contribution in [0, 0.1) is 0 Å². The van der Waals surface area contributed by atoms with Crippen molar-refractivity contribution in [3.63, 3.8) is 0 Å². The van der Waals surface area contributed by atoms with E-state index in [-0.39, 0.29) is 0 Å². The Morgan fingerprint density at radius 2 is 1.00 bits per heavy atom. The van der Waals surface area contributed by atoms with Gasteiger partial charge in [0.15, 0.2) is 5.82 Å². The van der Waals surface area contributed by atoms with Crippen molar-refractivity contribution in [1.82, 2.24) is 9.97 Å². The van der Waals surface area contributed by atoms with E-state index in [1.165, 1.54) is 42.1 Å². The average molecular weight is 617 g/mol. The lowest BCUT2D eigenvalue weighted by molar-refractivity contribution is 1.19. The lowest BCUT2D eigenvalue weighted by Gasteiger charge is -2.15. The molecular weight excluding hydrogens is 589 g/mol. The van der Waals surface area contributed by atoms with Crippen LogP contribution in [0.25, 0.3) is 87.1 Å². The number of aromatic nitrogens is 2. The van der Waals surface area contributed by atoms with E-state index in [4.69, 9.17) is 9.97 Å². The number of nitrogens with zero attached hydrogens (tertiary/aromatic N) is 2. The minimum atomic E-state index is 0.720. The molecule has 0 spiro atoms. The molecule has 0 fully saturated rings. The summed E-state index contributed by atoms with van der Waals surface area (Å²) in [4.78, 5) is 10.4. The second-order valence-electron chi connectivity index (χ2n) is 11.8. The van der Waals surface area contributed by atoms with Crippen molar-refractivity contribution in [2.45, 2.75) is 0 Å². The Balaban J connectivity index is 1.29. The van der Waals surface area contributed by atoms with Gasteiger partial charge in [-0.05, 0) is 45.2 Å². The molecule has 0 N–H and O–H groups in total. The minimum Gasteiger partial charge on any atom is -0.228 e. The number of rotatable bonds is 5. The van der Waals surface area contributed by atoms with E-state index < -0.39 is 0 Å². The standard InChI is InChI=1S/C44H28N2S/c1-3-13-32(14-4-1)39-28-40(46-44(45-39)33-15-5-2-6-16-33)42-36(26-27-38-37-19-9-10-21-41(37)47-43(38)42)31-24-22-30(23-25-31)35-20-11-17-29-12-7-8-18-34(29)35/h1-28H. The zero-order chi connectivity index (χ0) is 31.2. The van der Waals surface area contributed by atoms with Gasteiger partial charge in [-0.15, -0.1) is 11.3 Å². The zero-order valence-electron chi connectivity index (χ0n) is 25.5. The molecule has 2 heterocycles. The van der Waals surface area contributed by atoms with Gasteiger partial charge in [0.2, 0.25) is 0 Å². The molecule has 7 aromatic carbocycles. The van der Waals surface area contributed by atoms with Crippen LogP contribution in [0.15, 0.2) is 170 Å². The summed E-state index contributed by atoms with van der Waals surface area (Å²) in [6, 6.07) is 60.2. The third-order valence-corrected chi connectivity index (χ3v) is 10.1. The monoisotopic (exact) mass is 616 g/mol. The van der Waals surface area contributed by atoms with Gasteiger partial charge in [-0.2, -0.15) is 0 Å². The summed E-state index contributed by atoms with van der Waals surface area (Å²) in [5, 5.41) is 5.03. The van der Waals surface area contributed by atoms with Gasteiger partial charge in [-0.1, -0.05) is 158 Å². The van der Waals surface area contributed by atoms with Crippen LogP contribution in [0.3, 0.4) is 0 Å². The highest BCUT2D eigenvalue weighted by atomic mass is 32.1. The first-order valence-electron chi connectivity index (χ1n) is 15.8. The first-order chi connectivity index (χ1) is 23.3. The Morgan fingerprint density at radius 3 is 1.79 bits per heavy atom. The Kier molecular flexibility index (Phi) is 6.69. The van der Waals surface area contributed by atoms with E-state index in [2.05, 4.69) is 146 Å². The van der Waals surface area contributed by atoms with E-state index in [0.29, 0.717) is 0 Å². The number of benzene rings is 7. The van der Waals surface area contributed by atoms with Gasteiger partial charge >= 0.3 is 0 Å². The molecule has 0 unspecified atom stereocenters. The molecule has 0 amide bonds. The quantitative estimate of drug-likeness (QED) is 0.192. The lowest BCUT2D eigenvalue weighted by Crippen LogP contribution is -1.97. The van der Waals surface area contributed by atoms with Crippen LogP contribution >= 0.6 is 11.3 Å². The molecule has 47 heavy (non-hydrogen) atoms. The van der Waals surface area contributed by atoms with E-state index in [1.54, 1.807) is 0 Å². The summed E-state index contributed by atoms with van der Waals surface area (Å²) in [7, 11) is 0. The van der Waals surface area contributed by atoms with Crippen LogP contribution in [0.5, 0.6) is 0 Å². The van der Waals surface area contributed by atoms with E-state index in [0.717, 1.165) is 45.0 Å². The van der Waals surface area contributed by atoms with Gasteiger partial charge in [0.05, 0.1) is 11.4 Å². The number of hydrogen-bond acceptors (Lipinski definition) is 3. The molecule has 0 saturated carbocycles. The van der Waals surface area contributed by atoms with Crippen LogP contribution in [-0.2, 0) is 0 Å². The zero-order valence-corrected chi connectivity index (χ0v) is 26.3. The number of hydrogen-bond donors (Lipinski definition) is 0. The van der Waals surface area contributed by atoms with E-state index in [9.17, 15) is 0 Å². The maximum atomic E-state index is 5.30. The van der Waals surface area contributed by atoms with Crippen LogP contribution < -0.4 is 0 Å². The van der Waals surface area contributed by atoms with Crippen molar-refractivity contribution >= 4 is 42.3 Å². The molecule has 0 aliphatic carbocycles. The SMILES string of the molecule is c1ccc(-c2cc(-c3c(-c4ccc(-c5cccc6ccccc56)cc4)ccc4c3sc3ccccc34)nc(-c3ccccc3)n2)cc1. The molecule has 2 nitrogen and oxygen atoms in total. The first kappa shape index (κ1) is 27.4. The number of fused-ring (bicyclic) bond motifs is 4. The van der Waals surface area contributed by atoms with Crippen LogP contribution in [0.2, 0.25) is 0 Å². The molecule has 0 radical (unpaired) electrons. The molecule has 0 atom stereocenters. The minimum absolute atomic E-state index is 0.720. The smallest absolute Gasteiger partial charge is 0.160 e. The fourth-order valence-electron chi connectivity index (χ4n) is 6.64. The van der Waals surface area contributed by atoms with Gasteiger partial charge in [-0.3, -0.25) is 0 Å². The third kappa shape index (κ3) is 4.89. The maximum absolute atomic E-state index is 5.30. The molecule has 9 aromatic rings. The van der Waals surface area contributed by atoms with Crippen molar-refractivity contribution in [3.8, 4) is 56.2 Å². The van der Waals surface area contributed by atoms with Crippen molar-refractivity contribution in [2.75, 3.05) is 0 Å². The molecule has 0 aliphatic rings. The van der Waals surface area contributed by atoms with Gasteiger partial charge in [-0.25, -0.2) is 9.97 Å². The summed E-state index contributed by atoms with van der Waals surface area (Å²) in [5.74, 6) is 0.720. The second kappa shape index (κ2) is 11.5. The fraction of sp³-hybridized carbons (Fsp3) is 0. The summed E-state index contributed by atoms with van der Waals surface area (Å²) in [6.07, 6.45) is 0. The summed E-state index contributed by atoms with van der Waals surface area (Å²) < 4.78 is 2.51. The average Bonchev–Trinajstić information content (AvgIpc) is 3.54. The van der Waals surface area contributed by atoms with Gasteiger partial charge in [0.25, 0.3) is 0 Å². The highest BCUT2D eigenvalue weighted by Crippen LogP contribution is 2.45. The Morgan fingerprint density at radius 1 is 0.383 bits per heavy atom. The Labute approximate surface area is 277 Å². The highest BCUT2D eigenvalue weighted by molar-refractivity contribution is 7.26. The summed E-state index contributed by atoms with van der Waals surface area (Å²) >= 11 is 1.84. The van der Waals surface area contributed by atoms with Crippen LogP contribution in [0.1, 0.15) is 0 Å². The van der Waals surface area contributed by atoms with Crippen LogP contribution in [0.4, 0.5) is 0 Å². The molecule has 0 aliphatic heterocycles. The van der Waals surface area contributed by atoms with Crippen molar-refractivity contribution in [3.05, 3.63) is 170 Å². The van der Waals surface area contributed by atoms with Crippen molar-refractivity contribution in [2.24, 2.45) is 0 Å².